The van der Waals surface area contributed by atoms with Gasteiger partial charge in [0.1, 0.15) is 12.1 Å². The number of carbonyl (C=O) groups excluding carboxylic acids is 2. The van der Waals surface area contributed by atoms with Crippen LogP contribution in [0.4, 0.5) is 0 Å². The summed E-state index contributed by atoms with van der Waals surface area (Å²) in [6.45, 7) is 1.98. The number of amides is 2. The van der Waals surface area contributed by atoms with Gasteiger partial charge in [-0.2, -0.15) is 0 Å². The van der Waals surface area contributed by atoms with Gasteiger partial charge in [0.15, 0.2) is 0 Å². The first-order valence-corrected chi connectivity index (χ1v) is 12.0. The largest absolute Gasteiger partial charge is 0.480 e. The molecule has 2 atom stereocenters. The third-order valence-corrected chi connectivity index (χ3v) is 5.39. The normalized spacial score (nSPS) is 12.7. The predicted octanol–water partition coefficient (Wildman–Crippen LogP) is 2.96. The average Bonchev–Trinajstić information content (AvgIpc) is 2.73. The lowest BCUT2D eigenvalue weighted by atomic mass is 10.0. The van der Waals surface area contributed by atoms with E-state index in [2.05, 4.69) is 10.6 Å². The van der Waals surface area contributed by atoms with E-state index in [-0.39, 0.29) is 11.8 Å². The van der Waals surface area contributed by atoms with Gasteiger partial charge in [0.2, 0.25) is 11.8 Å². The smallest absolute Gasteiger partial charge is 0.326 e. The molecule has 0 radical (unpaired) electrons. The second-order valence-electron chi connectivity index (χ2n) is 8.41. The van der Waals surface area contributed by atoms with Crippen LogP contribution >= 0.6 is 0 Å². The summed E-state index contributed by atoms with van der Waals surface area (Å²) in [5.74, 6) is -2.43. The second kappa shape index (κ2) is 19.5. The summed E-state index contributed by atoms with van der Waals surface area (Å²) >= 11 is 0. The molecule has 186 valence electrons. The minimum Gasteiger partial charge on any atom is -0.480 e. The Balaban J connectivity index is 3.55. The molecule has 0 spiro atoms. The first-order valence-electron chi connectivity index (χ1n) is 12.0. The van der Waals surface area contributed by atoms with Gasteiger partial charge in [0, 0.05) is 12.8 Å². The Kier molecular flexibility index (Phi) is 18.2. The Labute approximate surface area is 191 Å². The van der Waals surface area contributed by atoms with Gasteiger partial charge in [-0.05, 0) is 45.6 Å². The van der Waals surface area contributed by atoms with Gasteiger partial charge < -0.3 is 26.6 Å². The number of aliphatic carboxylic acids is 2. The van der Waals surface area contributed by atoms with Crippen molar-refractivity contribution in [2.24, 2.45) is 5.73 Å². The van der Waals surface area contributed by atoms with Crippen LogP contribution in [0.2, 0.25) is 0 Å². The highest BCUT2D eigenvalue weighted by Gasteiger charge is 2.18. The van der Waals surface area contributed by atoms with Gasteiger partial charge in [-0.3, -0.25) is 14.4 Å². The molecule has 0 aliphatic carbocycles. The molecule has 0 aliphatic heterocycles. The van der Waals surface area contributed by atoms with Crippen molar-refractivity contribution in [1.29, 1.82) is 0 Å². The summed E-state index contributed by atoms with van der Waals surface area (Å²) in [6.07, 6.45) is 12.7. The van der Waals surface area contributed by atoms with E-state index in [9.17, 15) is 24.3 Å². The molecule has 0 aromatic rings. The third-order valence-electron chi connectivity index (χ3n) is 5.39. The predicted molar refractivity (Wildman–Crippen MR) is 123 cm³/mol. The maximum Gasteiger partial charge on any atom is 0.326 e. The van der Waals surface area contributed by atoms with Crippen LogP contribution in [0.5, 0.6) is 0 Å². The van der Waals surface area contributed by atoms with Gasteiger partial charge in [-0.25, -0.2) is 4.79 Å². The molecule has 0 aliphatic rings. The quantitative estimate of drug-likeness (QED) is 0.166. The Hall–Kier alpha value is -2.16. The van der Waals surface area contributed by atoms with Crippen LogP contribution in [0.25, 0.3) is 0 Å². The molecular weight excluding hydrogens is 414 g/mol. The Morgan fingerprint density at radius 2 is 1.09 bits per heavy atom. The zero-order chi connectivity index (χ0) is 24.2. The molecule has 9 heteroatoms. The molecule has 0 heterocycles. The summed E-state index contributed by atoms with van der Waals surface area (Å²) in [5.41, 5.74) is 5.41. The zero-order valence-electron chi connectivity index (χ0n) is 19.6. The number of carbonyl (C=O) groups is 4. The molecule has 0 aromatic carbocycles. The fourth-order valence-electron chi connectivity index (χ4n) is 3.38. The SMILES string of the molecule is C[C@@H](NC(=O)CCCCCCCCCCCCC(=O)N[C@@H](CCCCN)C(=O)O)C(=O)O. The van der Waals surface area contributed by atoms with Gasteiger partial charge in [-0.15, -0.1) is 0 Å². The van der Waals surface area contributed by atoms with Crippen LogP contribution in [0.15, 0.2) is 0 Å². The molecule has 0 fully saturated rings. The standard InChI is InChI=1S/C23H43N3O6/c1-18(22(29)30)25-20(27)15-10-8-6-4-2-3-5-7-9-11-16-21(28)26-19(23(31)32)14-12-13-17-24/h18-19H,2-17,24H2,1H3,(H,25,27)(H,26,28)(H,29,30)(H,31,32)/t18-,19+/m1/s1. The minimum atomic E-state index is -1.03. The molecule has 2 amide bonds. The molecule has 6 N–H and O–H groups in total. The van der Waals surface area contributed by atoms with E-state index in [1.54, 1.807) is 0 Å². The van der Waals surface area contributed by atoms with Crippen molar-refractivity contribution in [3.05, 3.63) is 0 Å². The topological polar surface area (TPSA) is 159 Å². The van der Waals surface area contributed by atoms with Crippen LogP contribution in [-0.2, 0) is 19.2 Å². The summed E-state index contributed by atoms with van der Waals surface area (Å²) in [6, 6.07) is -1.67. The maximum absolute atomic E-state index is 11.9. The molecule has 0 bridgehead atoms. The van der Waals surface area contributed by atoms with E-state index in [0.717, 1.165) is 70.6 Å². The molecule has 0 saturated carbocycles. The molecule has 0 aromatic heterocycles. The monoisotopic (exact) mass is 457 g/mol. The Bertz CT molecular complexity index is 556. The molecule has 0 rings (SSSR count). The summed E-state index contributed by atoms with van der Waals surface area (Å²) in [4.78, 5) is 45.4. The van der Waals surface area contributed by atoms with E-state index < -0.39 is 24.0 Å². The van der Waals surface area contributed by atoms with Crippen LogP contribution < -0.4 is 16.4 Å². The number of hydrogen-bond donors (Lipinski definition) is 5. The first kappa shape index (κ1) is 29.8. The number of rotatable bonds is 21. The van der Waals surface area contributed by atoms with Gasteiger partial charge in [0.05, 0.1) is 0 Å². The summed E-state index contributed by atoms with van der Waals surface area (Å²) in [7, 11) is 0. The van der Waals surface area contributed by atoms with E-state index in [1.807, 2.05) is 0 Å². The molecule has 9 nitrogen and oxygen atoms in total. The van der Waals surface area contributed by atoms with Crippen molar-refractivity contribution < 1.29 is 29.4 Å². The number of nitrogens with one attached hydrogen (secondary N) is 2. The molecule has 0 saturated heterocycles. The maximum atomic E-state index is 11.9. The fourth-order valence-corrected chi connectivity index (χ4v) is 3.38. The highest BCUT2D eigenvalue weighted by atomic mass is 16.4. The van der Waals surface area contributed by atoms with Crippen molar-refractivity contribution in [3.63, 3.8) is 0 Å². The van der Waals surface area contributed by atoms with Crippen LogP contribution in [0.3, 0.4) is 0 Å². The number of carboxylic acid groups (broad SMARTS) is 2. The highest BCUT2D eigenvalue weighted by molar-refractivity contribution is 5.83. The Morgan fingerprint density at radius 3 is 1.50 bits per heavy atom. The van der Waals surface area contributed by atoms with Gasteiger partial charge in [-0.1, -0.05) is 51.4 Å². The second-order valence-corrected chi connectivity index (χ2v) is 8.41. The van der Waals surface area contributed by atoms with E-state index >= 15 is 0 Å². The Morgan fingerprint density at radius 1 is 0.656 bits per heavy atom. The van der Waals surface area contributed by atoms with E-state index in [4.69, 9.17) is 10.8 Å². The van der Waals surface area contributed by atoms with E-state index in [1.165, 1.54) is 6.92 Å². The number of unbranched alkanes of at least 4 members (excludes halogenated alkanes) is 10. The van der Waals surface area contributed by atoms with Crippen LogP contribution in [0, 0.1) is 0 Å². The van der Waals surface area contributed by atoms with Crippen molar-refractivity contribution in [1.82, 2.24) is 10.6 Å². The molecule has 32 heavy (non-hydrogen) atoms. The lowest BCUT2D eigenvalue weighted by molar-refractivity contribution is -0.142. The number of carboxylic acids is 2. The third kappa shape index (κ3) is 17.5. The lowest BCUT2D eigenvalue weighted by Crippen LogP contribution is -2.40. The lowest BCUT2D eigenvalue weighted by Gasteiger charge is -2.14. The van der Waals surface area contributed by atoms with Crippen LogP contribution in [-0.4, -0.2) is 52.6 Å². The number of nitrogens with two attached hydrogens (primary N) is 1. The summed E-state index contributed by atoms with van der Waals surface area (Å²) < 4.78 is 0. The summed E-state index contributed by atoms with van der Waals surface area (Å²) in [5, 5.41) is 23.0. The van der Waals surface area contributed by atoms with Crippen molar-refractivity contribution in [3.8, 4) is 0 Å². The molecular formula is C23H43N3O6. The zero-order valence-corrected chi connectivity index (χ0v) is 19.6. The van der Waals surface area contributed by atoms with E-state index in [0.29, 0.717) is 32.2 Å². The van der Waals surface area contributed by atoms with Crippen LogP contribution in [0.1, 0.15) is 103 Å². The number of hydrogen-bond acceptors (Lipinski definition) is 5. The highest BCUT2D eigenvalue weighted by Crippen LogP contribution is 2.12. The fraction of sp³-hybridized carbons (Fsp3) is 0.826. The van der Waals surface area contributed by atoms with Crippen molar-refractivity contribution in [2.45, 2.75) is 115 Å². The molecule has 0 unspecified atom stereocenters. The average molecular weight is 458 g/mol. The first-order chi connectivity index (χ1) is 15.3. The minimum absolute atomic E-state index is 0.198. The van der Waals surface area contributed by atoms with Crippen molar-refractivity contribution in [2.75, 3.05) is 6.54 Å². The van der Waals surface area contributed by atoms with Crippen molar-refractivity contribution >= 4 is 23.8 Å². The van der Waals surface area contributed by atoms with Gasteiger partial charge >= 0.3 is 11.9 Å². The van der Waals surface area contributed by atoms with Gasteiger partial charge in [0.25, 0.3) is 0 Å².